The Balaban J connectivity index is 2.67. The molecular formula is C20H23FN6O6. The van der Waals surface area contributed by atoms with Crippen molar-refractivity contribution in [2.75, 3.05) is 29.9 Å². The molecule has 0 bridgehead atoms. The average molecular weight is 462 g/mol. The lowest BCUT2D eigenvalue weighted by atomic mass is 10.2. The fourth-order valence-corrected chi connectivity index (χ4v) is 3.03. The largest absolute Gasteiger partial charge is 0.492 e. The van der Waals surface area contributed by atoms with E-state index >= 15 is 0 Å². The van der Waals surface area contributed by atoms with E-state index in [-0.39, 0.29) is 11.4 Å². The van der Waals surface area contributed by atoms with Crippen molar-refractivity contribution >= 4 is 40.0 Å². The smallest absolute Gasteiger partial charge is 0.311 e. The molecule has 0 fully saturated rings. The van der Waals surface area contributed by atoms with E-state index in [0.29, 0.717) is 43.3 Å². The number of amides is 1. The molecule has 2 aromatic carbocycles. The van der Waals surface area contributed by atoms with Crippen molar-refractivity contribution in [3.05, 3.63) is 50.3 Å². The van der Waals surface area contributed by atoms with Gasteiger partial charge >= 0.3 is 11.4 Å². The molecule has 13 heteroatoms. The molecule has 0 saturated heterocycles. The maximum Gasteiger partial charge on any atom is 0.311 e. The summed E-state index contributed by atoms with van der Waals surface area (Å²) in [6.45, 7) is 8.64. The van der Waals surface area contributed by atoms with Crippen molar-refractivity contribution in [1.82, 2.24) is 0 Å². The highest BCUT2D eigenvalue weighted by Crippen LogP contribution is 2.41. The number of nitro benzene ring substituents is 2. The molecule has 0 aromatic heterocycles. The van der Waals surface area contributed by atoms with Crippen LogP contribution in [0, 0.1) is 26.0 Å². The van der Waals surface area contributed by atoms with Crippen LogP contribution in [-0.2, 0) is 4.79 Å². The van der Waals surface area contributed by atoms with Gasteiger partial charge in [0.05, 0.1) is 33.9 Å². The fourth-order valence-electron chi connectivity index (χ4n) is 3.03. The second-order valence-corrected chi connectivity index (χ2v) is 6.63. The zero-order valence-corrected chi connectivity index (χ0v) is 18.5. The van der Waals surface area contributed by atoms with E-state index in [9.17, 15) is 29.4 Å². The summed E-state index contributed by atoms with van der Waals surface area (Å²) in [5, 5.41) is 32.6. The number of nitro groups is 2. The first-order valence-electron chi connectivity index (χ1n) is 10.00. The normalized spacial score (nSPS) is 10.8. The van der Waals surface area contributed by atoms with Gasteiger partial charge < -0.3 is 15.0 Å². The number of nitrogens with zero attached hydrogens (tertiary/aromatic N) is 5. The van der Waals surface area contributed by atoms with Crippen LogP contribution in [0.3, 0.4) is 0 Å². The summed E-state index contributed by atoms with van der Waals surface area (Å²) in [5.74, 6) is -1.25. The molecule has 0 spiro atoms. The Bertz CT molecular complexity index is 1100. The van der Waals surface area contributed by atoms with E-state index in [1.807, 2.05) is 18.7 Å². The Labute approximate surface area is 188 Å². The summed E-state index contributed by atoms with van der Waals surface area (Å²) < 4.78 is 19.8. The summed E-state index contributed by atoms with van der Waals surface area (Å²) in [4.78, 5) is 34.0. The van der Waals surface area contributed by atoms with Gasteiger partial charge in [-0.05, 0) is 26.8 Å². The van der Waals surface area contributed by atoms with Crippen molar-refractivity contribution < 1.29 is 23.8 Å². The minimum Gasteiger partial charge on any atom is -0.492 e. The second-order valence-electron chi connectivity index (χ2n) is 6.63. The second kappa shape index (κ2) is 10.9. The highest BCUT2D eigenvalue weighted by Gasteiger charge is 2.25. The molecule has 2 aromatic rings. The number of azo groups is 1. The third-order valence-corrected chi connectivity index (χ3v) is 4.49. The fraction of sp³-hybridized carbons (Fsp3) is 0.350. The van der Waals surface area contributed by atoms with Gasteiger partial charge in [0.15, 0.2) is 5.69 Å². The van der Waals surface area contributed by atoms with Gasteiger partial charge in [0.25, 0.3) is 0 Å². The van der Waals surface area contributed by atoms with E-state index in [1.54, 1.807) is 13.0 Å². The number of carbonyl (C=O) groups excluding carboxylic acids is 1. The molecule has 2 rings (SSSR count). The van der Waals surface area contributed by atoms with Gasteiger partial charge in [0.1, 0.15) is 11.4 Å². The summed E-state index contributed by atoms with van der Waals surface area (Å²) in [6.07, 6.45) is 0. The lowest BCUT2D eigenvalue weighted by molar-refractivity contribution is -0.395. The molecule has 0 unspecified atom stereocenters. The average Bonchev–Trinajstić information content (AvgIpc) is 2.74. The molecule has 0 radical (unpaired) electrons. The first-order chi connectivity index (χ1) is 15.6. The van der Waals surface area contributed by atoms with Crippen LogP contribution in [0.4, 0.5) is 38.5 Å². The molecule has 1 amide bonds. The van der Waals surface area contributed by atoms with Crippen molar-refractivity contribution in [1.29, 1.82) is 0 Å². The Morgan fingerprint density at radius 3 is 2.15 bits per heavy atom. The van der Waals surface area contributed by atoms with E-state index < -0.39 is 38.6 Å². The topological polar surface area (TPSA) is 153 Å². The van der Waals surface area contributed by atoms with Gasteiger partial charge in [0.2, 0.25) is 11.7 Å². The van der Waals surface area contributed by atoms with Gasteiger partial charge in [-0.15, -0.1) is 10.2 Å². The van der Waals surface area contributed by atoms with Crippen molar-refractivity contribution in [3.63, 3.8) is 0 Å². The number of hydrogen-bond donors (Lipinski definition) is 1. The molecule has 0 aliphatic carbocycles. The summed E-state index contributed by atoms with van der Waals surface area (Å²) in [6, 6.07) is 4.18. The third kappa shape index (κ3) is 5.96. The van der Waals surface area contributed by atoms with Crippen LogP contribution in [0.1, 0.15) is 27.7 Å². The van der Waals surface area contributed by atoms with Gasteiger partial charge in [0, 0.05) is 32.1 Å². The van der Waals surface area contributed by atoms with Crippen LogP contribution in [0.2, 0.25) is 0 Å². The minimum atomic E-state index is -1.30. The highest BCUT2D eigenvalue weighted by molar-refractivity contribution is 5.93. The van der Waals surface area contributed by atoms with Crippen molar-refractivity contribution in [3.8, 4) is 5.75 Å². The van der Waals surface area contributed by atoms with Gasteiger partial charge in [-0.3, -0.25) is 25.0 Å². The maximum atomic E-state index is 14.1. The predicted octanol–water partition coefficient (Wildman–Crippen LogP) is 5.26. The molecule has 33 heavy (non-hydrogen) atoms. The predicted molar refractivity (Wildman–Crippen MR) is 119 cm³/mol. The number of anilines is 2. The SMILES string of the molecule is CCOc1cc(/N=N/c2cc(F)c([N+](=O)[O-])cc2[N+](=O)[O-])c(NC(C)=O)cc1N(CC)CC. The first kappa shape index (κ1) is 25.1. The maximum absolute atomic E-state index is 14.1. The number of nitrogens with one attached hydrogen (secondary N) is 1. The zero-order chi connectivity index (χ0) is 24.7. The molecule has 0 aliphatic heterocycles. The van der Waals surface area contributed by atoms with Crippen molar-refractivity contribution in [2.45, 2.75) is 27.7 Å². The lowest BCUT2D eigenvalue weighted by Crippen LogP contribution is -2.23. The number of carbonyl (C=O) groups is 1. The first-order valence-corrected chi connectivity index (χ1v) is 10.00. The van der Waals surface area contributed by atoms with E-state index in [1.165, 1.54) is 13.0 Å². The van der Waals surface area contributed by atoms with Crippen LogP contribution in [0.25, 0.3) is 0 Å². The Morgan fingerprint density at radius 2 is 1.64 bits per heavy atom. The summed E-state index contributed by atoms with van der Waals surface area (Å²) in [7, 11) is 0. The van der Waals surface area contributed by atoms with Gasteiger partial charge in [-0.25, -0.2) is 0 Å². The van der Waals surface area contributed by atoms with Crippen LogP contribution in [0.15, 0.2) is 34.5 Å². The molecule has 0 saturated carbocycles. The molecule has 0 aliphatic rings. The number of benzene rings is 2. The molecule has 12 nitrogen and oxygen atoms in total. The molecule has 1 N–H and O–H groups in total. The monoisotopic (exact) mass is 462 g/mol. The van der Waals surface area contributed by atoms with E-state index in [0.717, 1.165) is 0 Å². The van der Waals surface area contributed by atoms with Crippen LogP contribution in [0.5, 0.6) is 5.75 Å². The van der Waals surface area contributed by atoms with Crippen LogP contribution >= 0.6 is 0 Å². The number of ether oxygens (including phenoxy) is 1. The Kier molecular flexibility index (Phi) is 8.31. The number of rotatable bonds is 10. The zero-order valence-electron chi connectivity index (χ0n) is 18.5. The summed E-state index contributed by atoms with van der Waals surface area (Å²) in [5.41, 5.74) is -1.33. The standard InChI is InChI=1S/C20H23FN6O6/c1-5-25(6-2)19-9-14(22-12(4)28)15(10-20(19)33-7-3)23-24-16-8-13(21)17(26(29)30)11-18(16)27(31)32/h8-11H,5-7H2,1-4H3,(H,22,28)/b24-23+. The van der Waals surface area contributed by atoms with E-state index in [2.05, 4.69) is 15.5 Å². The third-order valence-electron chi connectivity index (χ3n) is 4.49. The number of halogens is 1. The highest BCUT2D eigenvalue weighted by atomic mass is 19.1. The Morgan fingerprint density at radius 1 is 1.03 bits per heavy atom. The molecular weight excluding hydrogens is 439 g/mol. The minimum absolute atomic E-state index is 0.0950. The molecule has 176 valence electrons. The van der Waals surface area contributed by atoms with Crippen LogP contribution in [-0.4, -0.2) is 35.5 Å². The quantitative estimate of drug-likeness (QED) is 0.287. The van der Waals surface area contributed by atoms with Gasteiger partial charge in [-0.1, -0.05) is 0 Å². The lowest BCUT2D eigenvalue weighted by Gasteiger charge is -2.25. The van der Waals surface area contributed by atoms with Crippen molar-refractivity contribution in [2.24, 2.45) is 10.2 Å². The van der Waals surface area contributed by atoms with E-state index in [4.69, 9.17) is 4.74 Å². The summed E-state index contributed by atoms with van der Waals surface area (Å²) >= 11 is 0. The number of hydrogen-bond acceptors (Lipinski definition) is 9. The Hall–Kier alpha value is -4.16. The van der Waals surface area contributed by atoms with Gasteiger partial charge in [-0.2, -0.15) is 4.39 Å². The van der Waals surface area contributed by atoms with Crippen LogP contribution < -0.4 is 15.0 Å². The molecule has 0 heterocycles. The molecule has 0 atom stereocenters.